The summed E-state index contributed by atoms with van der Waals surface area (Å²) in [5.41, 5.74) is 0.961. The molecule has 0 aliphatic carbocycles. The van der Waals surface area contributed by atoms with Crippen molar-refractivity contribution in [1.29, 1.82) is 0 Å². The molecular weight excluding hydrogens is 330 g/mol. The highest BCUT2D eigenvalue weighted by atomic mass is 32.1. The maximum atomic E-state index is 12.2. The van der Waals surface area contributed by atoms with Crippen molar-refractivity contribution in [2.24, 2.45) is 0 Å². The van der Waals surface area contributed by atoms with Crippen molar-refractivity contribution in [3.63, 3.8) is 0 Å². The van der Waals surface area contributed by atoms with E-state index in [-0.39, 0.29) is 18.0 Å². The van der Waals surface area contributed by atoms with Crippen LogP contribution >= 0.6 is 11.3 Å². The van der Waals surface area contributed by atoms with Gasteiger partial charge in [0, 0.05) is 11.6 Å². The Kier molecular flexibility index (Phi) is 4.39. The molecule has 0 unspecified atom stereocenters. The van der Waals surface area contributed by atoms with Crippen LogP contribution < -0.4 is 10.1 Å². The van der Waals surface area contributed by atoms with Crippen LogP contribution in [0.3, 0.4) is 0 Å². The first-order chi connectivity index (χ1) is 11.6. The van der Waals surface area contributed by atoms with Crippen LogP contribution in [0.4, 0.5) is 10.8 Å². The van der Waals surface area contributed by atoms with Crippen LogP contribution in [0.25, 0.3) is 10.2 Å². The molecule has 3 aromatic rings. The molecule has 0 aliphatic heterocycles. The second-order valence-corrected chi connectivity index (χ2v) is 5.97. The van der Waals surface area contributed by atoms with Crippen LogP contribution in [-0.2, 0) is 11.2 Å². The van der Waals surface area contributed by atoms with E-state index in [0.29, 0.717) is 22.0 Å². The smallest absolute Gasteiger partial charge is 0.273 e. The predicted octanol–water partition coefficient (Wildman–Crippen LogP) is 3.39. The molecule has 3 rings (SSSR count). The highest BCUT2D eigenvalue weighted by Crippen LogP contribution is 2.32. The molecule has 0 atom stereocenters. The quantitative estimate of drug-likeness (QED) is 0.566. The number of benzene rings is 2. The summed E-state index contributed by atoms with van der Waals surface area (Å²) >= 11 is 1.32. The molecule has 1 aromatic heterocycles. The molecule has 24 heavy (non-hydrogen) atoms. The number of amides is 1. The monoisotopic (exact) mass is 343 g/mol. The van der Waals surface area contributed by atoms with E-state index in [0.717, 1.165) is 4.70 Å². The third-order valence-corrected chi connectivity index (χ3v) is 4.32. The topological polar surface area (TPSA) is 94.4 Å². The summed E-state index contributed by atoms with van der Waals surface area (Å²) in [4.78, 5) is 27.0. The van der Waals surface area contributed by atoms with Gasteiger partial charge in [0.05, 0.1) is 23.2 Å². The average Bonchev–Trinajstić information content (AvgIpc) is 2.97. The number of nitrogens with zero attached hydrogens (tertiary/aromatic N) is 2. The van der Waals surface area contributed by atoms with Crippen LogP contribution in [0.1, 0.15) is 5.56 Å². The van der Waals surface area contributed by atoms with Crippen molar-refractivity contribution in [2.45, 2.75) is 6.42 Å². The molecule has 1 amide bonds. The Morgan fingerprint density at radius 3 is 2.83 bits per heavy atom. The van der Waals surface area contributed by atoms with E-state index in [1.807, 2.05) is 12.1 Å². The van der Waals surface area contributed by atoms with E-state index in [9.17, 15) is 14.9 Å². The molecule has 122 valence electrons. The van der Waals surface area contributed by atoms with Gasteiger partial charge < -0.3 is 10.1 Å². The summed E-state index contributed by atoms with van der Waals surface area (Å²) in [6.45, 7) is 0. The molecule has 2 aromatic carbocycles. The number of thiazole rings is 1. The van der Waals surface area contributed by atoms with Crippen LogP contribution in [0.2, 0.25) is 0 Å². The zero-order valence-corrected chi connectivity index (χ0v) is 13.5. The first-order valence-electron chi connectivity index (χ1n) is 7.04. The van der Waals surface area contributed by atoms with E-state index < -0.39 is 4.92 Å². The summed E-state index contributed by atoms with van der Waals surface area (Å²) < 4.78 is 6.12. The standard InChI is InChI=1S/C16H13N3O4S/c1-23-12-7-4-8-13-15(12)18-16(24-13)17-14(20)9-10-5-2-3-6-11(10)19(21)22/h2-8H,9H2,1H3,(H,17,18,20). The highest BCUT2D eigenvalue weighted by molar-refractivity contribution is 7.22. The predicted molar refractivity (Wildman–Crippen MR) is 91.6 cm³/mol. The second-order valence-electron chi connectivity index (χ2n) is 4.94. The fourth-order valence-corrected chi connectivity index (χ4v) is 3.22. The van der Waals surface area contributed by atoms with Gasteiger partial charge in [0.15, 0.2) is 5.13 Å². The van der Waals surface area contributed by atoms with Crippen LogP contribution in [0.15, 0.2) is 42.5 Å². The number of nitro groups is 1. The Morgan fingerprint density at radius 1 is 1.29 bits per heavy atom. The lowest BCUT2D eigenvalue weighted by Crippen LogP contribution is -2.15. The van der Waals surface area contributed by atoms with E-state index in [2.05, 4.69) is 10.3 Å². The van der Waals surface area contributed by atoms with Crippen LogP contribution in [0, 0.1) is 10.1 Å². The van der Waals surface area contributed by atoms with Gasteiger partial charge in [-0.05, 0) is 12.1 Å². The average molecular weight is 343 g/mol. The van der Waals surface area contributed by atoms with Crippen LogP contribution in [-0.4, -0.2) is 22.9 Å². The first-order valence-corrected chi connectivity index (χ1v) is 7.86. The Labute approximate surface area is 141 Å². The lowest BCUT2D eigenvalue weighted by Gasteiger charge is -2.03. The lowest BCUT2D eigenvalue weighted by atomic mass is 10.1. The number of fused-ring (bicyclic) bond motifs is 1. The normalized spacial score (nSPS) is 10.5. The molecular formula is C16H13N3O4S. The maximum absolute atomic E-state index is 12.2. The van der Waals surface area contributed by atoms with Crippen LogP contribution in [0.5, 0.6) is 5.75 Å². The summed E-state index contributed by atoms with van der Waals surface area (Å²) in [6.07, 6.45) is -0.0930. The van der Waals surface area contributed by atoms with Crippen molar-refractivity contribution in [1.82, 2.24) is 4.98 Å². The van der Waals surface area contributed by atoms with E-state index in [4.69, 9.17) is 4.74 Å². The number of nitrogens with one attached hydrogen (secondary N) is 1. The second kappa shape index (κ2) is 6.63. The maximum Gasteiger partial charge on any atom is 0.273 e. The minimum Gasteiger partial charge on any atom is -0.494 e. The fraction of sp³-hybridized carbons (Fsp3) is 0.125. The third-order valence-electron chi connectivity index (χ3n) is 3.39. The van der Waals surface area contributed by atoms with Gasteiger partial charge in [-0.2, -0.15) is 0 Å². The number of hydrogen-bond acceptors (Lipinski definition) is 6. The van der Waals surface area contributed by atoms with Gasteiger partial charge in [0.25, 0.3) is 5.69 Å². The Morgan fingerprint density at radius 2 is 2.08 bits per heavy atom. The van der Waals surface area contributed by atoms with Gasteiger partial charge in [0.2, 0.25) is 5.91 Å². The Hall–Kier alpha value is -3.00. The third kappa shape index (κ3) is 3.18. The largest absolute Gasteiger partial charge is 0.494 e. The molecule has 1 heterocycles. The fourth-order valence-electron chi connectivity index (χ4n) is 2.32. The van der Waals surface area contributed by atoms with E-state index >= 15 is 0 Å². The van der Waals surface area contributed by atoms with Crippen molar-refractivity contribution < 1.29 is 14.5 Å². The molecule has 0 radical (unpaired) electrons. The summed E-state index contributed by atoms with van der Waals surface area (Å²) in [6, 6.07) is 11.7. The van der Waals surface area contributed by atoms with Gasteiger partial charge in [-0.1, -0.05) is 35.6 Å². The molecule has 0 aliphatic rings. The first kappa shape index (κ1) is 15.9. The minimum absolute atomic E-state index is 0.0707. The summed E-state index contributed by atoms with van der Waals surface area (Å²) in [5.74, 6) is 0.269. The number of carbonyl (C=O) groups excluding carboxylic acids is 1. The van der Waals surface area contributed by atoms with Gasteiger partial charge in [-0.3, -0.25) is 14.9 Å². The SMILES string of the molecule is COc1cccc2sc(NC(=O)Cc3ccccc3[N+](=O)[O-])nc12. The van der Waals surface area contributed by atoms with Gasteiger partial charge in [0.1, 0.15) is 11.3 Å². The molecule has 0 spiro atoms. The van der Waals surface area contributed by atoms with Gasteiger partial charge in [-0.15, -0.1) is 0 Å². The molecule has 0 saturated heterocycles. The highest BCUT2D eigenvalue weighted by Gasteiger charge is 2.17. The van der Waals surface area contributed by atoms with Crippen molar-refractivity contribution in [2.75, 3.05) is 12.4 Å². The van der Waals surface area contributed by atoms with Crippen molar-refractivity contribution >= 4 is 38.3 Å². The number of hydrogen-bond donors (Lipinski definition) is 1. The number of aromatic nitrogens is 1. The van der Waals surface area contributed by atoms with Crippen molar-refractivity contribution in [3.05, 3.63) is 58.1 Å². The zero-order chi connectivity index (χ0) is 17.1. The van der Waals surface area contributed by atoms with Gasteiger partial charge in [-0.25, -0.2) is 4.98 Å². The van der Waals surface area contributed by atoms with E-state index in [1.165, 1.54) is 17.4 Å². The number of para-hydroxylation sites is 2. The molecule has 1 N–H and O–H groups in total. The Bertz CT molecular complexity index is 923. The van der Waals surface area contributed by atoms with Crippen molar-refractivity contribution in [3.8, 4) is 5.75 Å². The molecule has 8 heteroatoms. The summed E-state index contributed by atoms with van der Waals surface area (Å²) in [5, 5.41) is 14.1. The number of rotatable bonds is 5. The lowest BCUT2D eigenvalue weighted by molar-refractivity contribution is -0.385. The molecule has 7 nitrogen and oxygen atoms in total. The van der Waals surface area contributed by atoms with Gasteiger partial charge >= 0.3 is 0 Å². The number of nitro benzene ring substituents is 1. The molecule has 0 saturated carbocycles. The zero-order valence-electron chi connectivity index (χ0n) is 12.7. The minimum atomic E-state index is -0.495. The number of methoxy groups -OCH3 is 1. The number of carbonyl (C=O) groups is 1. The number of ether oxygens (including phenoxy) is 1. The molecule has 0 bridgehead atoms. The summed E-state index contributed by atoms with van der Waals surface area (Å²) in [7, 11) is 1.56. The number of anilines is 1. The Balaban J connectivity index is 1.80. The molecule has 0 fully saturated rings. The van der Waals surface area contributed by atoms with E-state index in [1.54, 1.807) is 31.4 Å².